The molecule has 4 nitrogen and oxygen atoms in total. The van der Waals surface area contributed by atoms with E-state index in [1.165, 1.54) is 0 Å². The Hall–Kier alpha value is -2.28. The number of nitriles is 1. The van der Waals surface area contributed by atoms with E-state index in [1.54, 1.807) is 11.9 Å². The summed E-state index contributed by atoms with van der Waals surface area (Å²) in [5.41, 5.74) is 1.72. The third-order valence-electron chi connectivity index (χ3n) is 3.53. The van der Waals surface area contributed by atoms with E-state index in [2.05, 4.69) is 6.07 Å². The van der Waals surface area contributed by atoms with Gasteiger partial charge in [0.2, 0.25) is 0 Å². The summed E-state index contributed by atoms with van der Waals surface area (Å²) in [7, 11) is 3.70. The predicted octanol–water partition coefficient (Wildman–Crippen LogP) is 2.55. The van der Waals surface area contributed by atoms with Crippen molar-refractivity contribution >= 4 is 16.8 Å². The van der Waals surface area contributed by atoms with Crippen LogP contribution in [0, 0.1) is 11.3 Å². The Morgan fingerprint density at radius 2 is 2.21 bits per heavy atom. The molecule has 1 atom stereocenters. The number of hydrogen-bond donors (Lipinski definition) is 0. The van der Waals surface area contributed by atoms with Gasteiger partial charge in [0.1, 0.15) is 0 Å². The van der Waals surface area contributed by atoms with Crippen LogP contribution in [0.2, 0.25) is 0 Å². The molecule has 0 spiro atoms. The Bertz CT molecular complexity index is 651. The first kappa shape index (κ1) is 13.2. The largest absolute Gasteiger partial charge is 0.351 e. The molecule has 1 aromatic heterocycles. The maximum atomic E-state index is 12.5. The number of amides is 1. The smallest absolute Gasteiger partial charge is 0.254 e. The number of aromatic nitrogens is 1. The molecule has 98 valence electrons. The molecule has 0 N–H and O–H groups in total. The molecule has 1 amide bonds. The molecule has 0 saturated carbocycles. The predicted molar refractivity (Wildman–Crippen MR) is 74.7 cm³/mol. The maximum absolute atomic E-state index is 12.5. The quantitative estimate of drug-likeness (QED) is 0.846. The number of fused-ring (bicyclic) bond motifs is 1. The number of carbonyl (C=O) groups is 1. The zero-order valence-corrected chi connectivity index (χ0v) is 11.4. The third-order valence-corrected chi connectivity index (χ3v) is 3.53. The number of rotatable bonds is 3. The Balaban J connectivity index is 2.39. The molecule has 1 heterocycles. The van der Waals surface area contributed by atoms with Crippen LogP contribution >= 0.6 is 0 Å². The van der Waals surface area contributed by atoms with Gasteiger partial charge in [0.15, 0.2) is 0 Å². The molecule has 1 unspecified atom stereocenters. The van der Waals surface area contributed by atoms with Crippen LogP contribution in [0.5, 0.6) is 0 Å². The second-order valence-corrected chi connectivity index (χ2v) is 4.79. The molecule has 0 bridgehead atoms. The summed E-state index contributed by atoms with van der Waals surface area (Å²) in [5.74, 6) is -0.0421. The van der Waals surface area contributed by atoms with E-state index in [9.17, 15) is 4.79 Å². The molecule has 0 aliphatic carbocycles. The minimum absolute atomic E-state index is 0.0421. The molecule has 0 fully saturated rings. The van der Waals surface area contributed by atoms with Crippen molar-refractivity contribution < 1.29 is 4.79 Å². The molecule has 0 saturated heterocycles. The van der Waals surface area contributed by atoms with Crippen LogP contribution in [-0.4, -0.2) is 28.5 Å². The molecule has 0 aliphatic rings. The van der Waals surface area contributed by atoms with Crippen molar-refractivity contribution in [1.82, 2.24) is 9.47 Å². The van der Waals surface area contributed by atoms with Gasteiger partial charge in [-0.2, -0.15) is 5.26 Å². The SMILES string of the molecule is CC(CC#N)N(C)C(=O)c1cccc2c1ccn2C. The first-order valence-electron chi connectivity index (χ1n) is 6.24. The van der Waals surface area contributed by atoms with Crippen LogP contribution in [0.4, 0.5) is 0 Å². The molecule has 2 rings (SSSR count). The average Bonchev–Trinajstić information content (AvgIpc) is 2.79. The van der Waals surface area contributed by atoms with Gasteiger partial charge in [0, 0.05) is 42.8 Å². The lowest BCUT2D eigenvalue weighted by Gasteiger charge is -2.23. The summed E-state index contributed by atoms with van der Waals surface area (Å²) in [5, 5.41) is 9.67. The fourth-order valence-electron chi connectivity index (χ4n) is 2.15. The zero-order valence-electron chi connectivity index (χ0n) is 11.4. The summed E-state index contributed by atoms with van der Waals surface area (Å²) in [6, 6.07) is 9.67. The molecule has 19 heavy (non-hydrogen) atoms. The number of carbonyl (C=O) groups excluding carboxylic acids is 1. The molecule has 0 radical (unpaired) electrons. The zero-order chi connectivity index (χ0) is 14.0. The normalized spacial score (nSPS) is 12.1. The van der Waals surface area contributed by atoms with Crippen LogP contribution in [-0.2, 0) is 7.05 Å². The highest BCUT2D eigenvalue weighted by molar-refractivity contribution is 6.06. The second-order valence-electron chi connectivity index (χ2n) is 4.79. The lowest BCUT2D eigenvalue weighted by Crippen LogP contribution is -2.34. The summed E-state index contributed by atoms with van der Waals surface area (Å²) in [4.78, 5) is 14.1. The fourth-order valence-corrected chi connectivity index (χ4v) is 2.15. The van der Waals surface area contributed by atoms with E-state index in [-0.39, 0.29) is 11.9 Å². The second kappa shape index (κ2) is 5.15. The highest BCUT2D eigenvalue weighted by atomic mass is 16.2. The van der Waals surface area contributed by atoms with Crippen molar-refractivity contribution in [2.75, 3.05) is 7.05 Å². The van der Waals surface area contributed by atoms with Crippen molar-refractivity contribution in [3.8, 4) is 6.07 Å². The number of nitrogens with zero attached hydrogens (tertiary/aromatic N) is 3. The van der Waals surface area contributed by atoms with Gasteiger partial charge in [-0.05, 0) is 25.1 Å². The van der Waals surface area contributed by atoms with Crippen molar-refractivity contribution in [2.45, 2.75) is 19.4 Å². The van der Waals surface area contributed by atoms with E-state index >= 15 is 0 Å². The van der Waals surface area contributed by atoms with Crippen LogP contribution in [0.1, 0.15) is 23.7 Å². The highest BCUT2D eigenvalue weighted by Crippen LogP contribution is 2.21. The summed E-state index contributed by atoms with van der Waals surface area (Å²) < 4.78 is 1.99. The monoisotopic (exact) mass is 255 g/mol. The average molecular weight is 255 g/mol. The Morgan fingerprint density at radius 3 is 2.89 bits per heavy atom. The maximum Gasteiger partial charge on any atom is 0.254 e. The lowest BCUT2D eigenvalue weighted by atomic mass is 10.1. The Labute approximate surface area is 112 Å². The fraction of sp³-hybridized carbons (Fsp3) is 0.333. The van der Waals surface area contributed by atoms with E-state index in [4.69, 9.17) is 5.26 Å². The third kappa shape index (κ3) is 2.32. The van der Waals surface area contributed by atoms with Crippen LogP contribution in [0.25, 0.3) is 10.9 Å². The van der Waals surface area contributed by atoms with Gasteiger partial charge in [0.25, 0.3) is 5.91 Å². The van der Waals surface area contributed by atoms with Gasteiger partial charge in [-0.25, -0.2) is 0 Å². The Kier molecular flexibility index (Phi) is 3.57. The minimum Gasteiger partial charge on any atom is -0.351 e. The van der Waals surface area contributed by atoms with E-state index in [0.29, 0.717) is 12.0 Å². The van der Waals surface area contributed by atoms with Crippen LogP contribution < -0.4 is 0 Å². The number of hydrogen-bond acceptors (Lipinski definition) is 2. The molecular formula is C15H17N3O. The number of aryl methyl sites for hydroxylation is 1. The van der Waals surface area contributed by atoms with Gasteiger partial charge >= 0.3 is 0 Å². The molecule has 4 heteroatoms. The first-order chi connectivity index (χ1) is 9.06. The van der Waals surface area contributed by atoms with Gasteiger partial charge in [-0.15, -0.1) is 0 Å². The first-order valence-corrected chi connectivity index (χ1v) is 6.24. The Morgan fingerprint density at radius 1 is 1.47 bits per heavy atom. The van der Waals surface area contributed by atoms with Gasteiger partial charge in [-0.3, -0.25) is 4.79 Å². The summed E-state index contributed by atoms with van der Waals surface area (Å²) >= 11 is 0. The van der Waals surface area contributed by atoms with Gasteiger partial charge in [-0.1, -0.05) is 6.07 Å². The van der Waals surface area contributed by atoms with Crippen molar-refractivity contribution in [2.24, 2.45) is 7.05 Å². The van der Waals surface area contributed by atoms with Crippen molar-refractivity contribution in [1.29, 1.82) is 5.26 Å². The van der Waals surface area contributed by atoms with Crippen LogP contribution in [0.3, 0.4) is 0 Å². The standard InChI is InChI=1S/C15H17N3O/c1-11(7-9-16)18(3)15(19)13-5-4-6-14-12(13)8-10-17(14)2/h4-6,8,10-11H,7H2,1-3H3. The van der Waals surface area contributed by atoms with E-state index < -0.39 is 0 Å². The number of benzene rings is 1. The molecule has 0 aliphatic heterocycles. The van der Waals surface area contributed by atoms with Crippen LogP contribution in [0.15, 0.2) is 30.5 Å². The molecular weight excluding hydrogens is 238 g/mol. The van der Waals surface area contributed by atoms with Crippen molar-refractivity contribution in [3.05, 3.63) is 36.0 Å². The summed E-state index contributed by atoms with van der Waals surface area (Å²) in [6.45, 7) is 1.88. The van der Waals surface area contributed by atoms with Gasteiger partial charge < -0.3 is 9.47 Å². The highest BCUT2D eigenvalue weighted by Gasteiger charge is 2.19. The van der Waals surface area contributed by atoms with Crippen molar-refractivity contribution in [3.63, 3.8) is 0 Å². The minimum atomic E-state index is -0.0866. The van der Waals surface area contributed by atoms with E-state index in [1.807, 2.05) is 49.0 Å². The lowest BCUT2D eigenvalue weighted by molar-refractivity contribution is 0.0748. The molecule has 1 aromatic carbocycles. The molecule has 2 aromatic rings. The topological polar surface area (TPSA) is 49.0 Å². The summed E-state index contributed by atoms with van der Waals surface area (Å²) in [6.07, 6.45) is 2.28. The van der Waals surface area contributed by atoms with E-state index in [0.717, 1.165) is 10.9 Å². The van der Waals surface area contributed by atoms with Gasteiger partial charge in [0.05, 0.1) is 12.5 Å².